The molecule has 0 aliphatic heterocycles. The molecule has 0 heterocycles. The van der Waals surface area contributed by atoms with Gasteiger partial charge in [-0.2, -0.15) is 0 Å². The van der Waals surface area contributed by atoms with Crippen LogP contribution in [-0.4, -0.2) is 29.4 Å². The second kappa shape index (κ2) is 8.13. The maximum atomic E-state index is 12.5. The molecule has 2 aromatic rings. The van der Waals surface area contributed by atoms with Gasteiger partial charge in [0.2, 0.25) is 0 Å². The zero-order valence-corrected chi connectivity index (χ0v) is 13.4. The van der Waals surface area contributed by atoms with Gasteiger partial charge in [-0.3, -0.25) is 9.69 Å². The van der Waals surface area contributed by atoms with Gasteiger partial charge in [-0.05, 0) is 19.4 Å². The van der Waals surface area contributed by atoms with Gasteiger partial charge in [-0.1, -0.05) is 60.7 Å². The third kappa shape index (κ3) is 4.42. The van der Waals surface area contributed by atoms with Crippen LogP contribution in [0.5, 0.6) is 0 Å². The highest BCUT2D eigenvalue weighted by Crippen LogP contribution is 2.11. The Morgan fingerprint density at radius 3 is 2.13 bits per heavy atom. The summed E-state index contributed by atoms with van der Waals surface area (Å²) in [5, 5.41) is 0. The first-order valence-corrected chi connectivity index (χ1v) is 7.70. The molecule has 0 fully saturated rings. The average molecular weight is 311 g/mol. The summed E-state index contributed by atoms with van der Waals surface area (Å²) in [6.07, 6.45) is -0.479. The Kier molecular flexibility index (Phi) is 5.92. The fourth-order valence-electron chi connectivity index (χ4n) is 2.35. The van der Waals surface area contributed by atoms with Crippen LogP contribution in [0.1, 0.15) is 29.8 Å². The summed E-state index contributed by atoms with van der Waals surface area (Å²) in [5.74, 6) is -0.0934. The van der Waals surface area contributed by atoms with Gasteiger partial charge in [0, 0.05) is 12.1 Å². The first-order chi connectivity index (χ1) is 11.1. The van der Waals surface area contributed by atoms with Gasteiger partial charge in [0.15, 0.2) is 5.78 Å². The zero-order valence-electron chi connectivity index (χ0n) is 13.4. The molecule has 0 N–H and O–H groups in total. The van der Waals surface area contributed by atoms with Crippen LogP contribution in [0.3, 0.4) is 0 Å². The monoisotopic (exact) mass is 311 g/mol. The summed E-state index contributed by atoms with van der Waals surface area (Å²) < 4.78 is 5.32. The Morgan fingerprint density at radius 1 is 1.00 bits per heavy atom. The first kappa shape index (κ1) is 16.7. The van der Waals surface area contributed by atoms with Gasteiger partial charge in [0.05, 0.1) is 6.04 Å². The average Bonchev–Trinajstić information content (AvgIpc) is 2.61. The topological polar surface area (TPSA) is 46.6 Å². The number of hydrogen-bond acceptors (Lipinski definition) is 3. The Labute approximate surface area is 136 Å². The molecule has 0 spiro atoms. The number of carbonyl (C=O) groups is 2. The van der Waals surface area contributed by atoms with E-state index in [1.165, 1.54) is 4.90 Å². The van der Waals surface area contributed by atoms with E-state index < -0.39 is 12.1 Å². The minimum absolute atomic E-state index is 0.0934. The van der Waals surface area contributed by atoms with E-state index in [1.54, 1.807) is 19.1 Å². The number of benzene rings is 2. The zero-order chi connectivity index (χ0) is 16.7. The van der Waals surface area contributed by atoms with Gasteiger partial charge < -0.3 is 4.74 Å². The first-order valence-electron chi connectivity index (χ1n) is 7.70. The molecule has 0 aliphatic carbocycles. The summed E-state index contributed by atoms with van der Waals surface area (Å²) in [6.45, 7) is 4.16. The lowest BCUT2D eigenvalue weighted by atomic mass is 10.0. The molecule has 0 aliphatic rings. The van der Waals surface area contributed by atoms with Gasteiger partial charge in [-0.25, -0.2) is 4.79 Å². The van der Waals surface area contributed by atoms with Crippen molar-refractivity contribution in [1.29, 1.82) is 0 Å². The lowest BCUT2D eigenvalue weighted by molar-refractivity contribution is 0.0691. The molecule has 1 amide bonds. The number of carbonyl (C=O) groups excluding carboxylic acids is 2. The normalized spacial score (nSPS) is 11.6. The third-order valence-corrected chi connectivity index (χ3v) is 3.69. The summed E-state index contributed by atoms with van der Waals surface area (Å²) in [7, 11) is 0. The van der Waals surface area contributed by atoms with Crippen molar-refractivity contribution in [3.8, 4) is 0 Å². The van der Waals surface area contributed by atoms with Crippen molar-refractivity contribution in [2.45, 2.75) is 26.5 Å². The smallest absolute Gasteiger partial charge is 0.410 e. The molecular formula is C19H21NO3. The van der Waals surface area contributed by atoms with E-state index in [1.807, 2.05) is 55.5 Å². The molecule has 0 radical (unpaired) electrons. The van der Waals surface area contributed by atoms with Crippen molar-refractivity contribution in [3.63, 3.8) is 0 Å². The van der Waals surface area contributed by atoms with Gasteiger partial charge in [-0.15, -0.1) is 0 Å². The summed E-state index contributed by atoms with van der Waals surface area (Å²) >= 11 is 0. The van der Waals surface area contributed by atoms with Crippen molar-refractivity contribution in [2.24, 2.45) is 0 Å². The minimum Gasteiger partial charge on any atom is -0.445 e. The number of amides is 1. The number of hydrogen-bond donors (Lipinski definition) is 0. The van der Waals surface area contributed by atoms with Crippen molar-refractivity contribution >= 4 is 11.9 Å². The SMILES string of the molecule is CCN(C(=O)OCc1ccccc1)C(C)C(=O)c1ccccc1. The van der Waals surface area contributed by atoms with Crippen LogP contribution in [0, 0.1) is 0 Å². The van der Waals surface area contributed by atoms with Crippen LogP contribution < -0.4 is 0 Å². The molecule has 0 bridgehead atoms. The van der Waals surface area contributed by atoms with Crippen LogP contribution in [-0.2, 0) is 11.3 Å². The quantitative estimate of drug-likeness (QED) is 0.760. The number of likely N-dealkylation sites (N-methyl/N-ethyl adjacent to an activating group) is 1. The molecule has 4 nitrogen and oxygen atoms in total. The lowest BCUT2D eigenvalue weighted by Gasteiger charge is -2.26. The second-order valence-corrected chi connectivity index (χ2v) is 5.23. The van der Waals surface area contributed by atoms with Crippen molar-refractivity contribution in [1.82, 2.24) is 4.90 Å². The highest BCUT2D eigenvalue weighted by molar-refractivity contribution is 6.01. The van der Waals surface area contributed by atoms with E-state index in [0.717, 1.165) is 5.56 Å². The predicted octanol–water partition coefficient (Wildman–Crippen LogP) is 3.92. The molecule has 120 valence electrons. The molecule has 2 aromatic carbocycles. The Hall–Kier alpha value is -2.62. The van der Waals surface area contributed by atoms with E-state index in [-0.39, 0.29) is 12.4 Å². The largest absolute Gasteiger partial charge is 0.445 e. The van der Waals surface area contributed by atoms with E-state index >= 15 is 0 Å². The lowest BCUT2D eigenvalue weighted by Crippen LogP contribution is -2.43. The molecule has 1 atom stereocenters. The van der Waals surface area contributed by atoms with E-state index in [2.05, 4.69) is 0 Å². The molecule has 0 saturated carbocycles. The highest BCUT2D eigenvalue weighted by Gasteiger charge is 2.26. The Bertz CT molecular complexity index is 640. The summed E-state index contributed by atoms with van der Waals surface area (Å²) in [4.78, 5) is 26.2. The third-order valence-electron chi connectivity index (χ3n) is 3.69. The van der Waals surface area contributed by atoms with Gasteiger partial charge >= 0.3 is 6.09 Å². The number of rotatable bonds is 6. The summed E-state index contributed by atoms with van der Waals surface area (Å²) in [5.41, 5.74) is 1.51. The molecule has 23 heavy (non-hydrogen) atoms. The highest BCUT2D eigenvalue weighted by atomic mass is 16.6. The Balaban J connectivity index is 2.00. The fraction of sp³-hybridized carbons (Fsp3) is 0.263. The van der Waals surface area contributed by atoms with Crippen LogP contribution in [0.15, 0.2) is 60.7 Å². The van der Waals surface area contributed by atoms with Crippen molar-refractivity contribution in [3.05, 3.63) is 71.8 Å². The molecule has 0 aromatic heterocycles. The van der Waals surface area contributed by atoms with Gasteiger partial charge in [0.25, 0.3) is 0 Å². The van der Waals surface area contributed by atoms with Crippen molar-refractivity contribution < 1.29 is 14.3 Å². The van der Waals surface area contributed by atoms with E-state index in [0.29, 0.717) is 12.1 Å². The standard InChI is InChI=1S/C19H21NO3/c1-3-20(15(2)18(21)17-12-8-5-9-13-17)19(22)23-14-16-10-6-4-7-11-16/h4-13,15H,3,14H2,1-2H3. The van der Waals surface area contributed by atoms with Crippen molar-refractivity contribution in [2.75, 3.05) is 6.54 Å². The van der Waals surface area contributed by atoms with E-state index in [4.69, 9.17) is 4.74 Å². The van der Waals surface area contributed by atoms with E-state index in [9.17, 15) is 9.59 Å². The molecular weight excluding hydrogens is 290 g/mol. The maximum Gasteiger partial charge on any atom is 0.410 e. The van der Waals surface area contributed by atoms with Crippen LogP contribution in [0.4, 0.5) is 4.79 Å². The minimum atomic E-state index is -0.564. The van der Waals surface area contributed by atoms with Crippen LogP contribution >= 0.6 is 0 Å². The summed E-state index contributed by atoms with van der Waals surface area (Å²) in [6, 6.07) is 17.9. The predicted molar refractivity (Wildman–Crippen MR) is 89.2 cm³/mol. The number of Topliss-reactive ketones (excluding diaryl/α,β-unsaturated/α-hetero) is 1. The number of nitrogens with zero attached hydrogens (tertiary/aromatic N) is 1. The molecule has 1 unspecified atom stereocenters. The van der Waals surface area contributed by atoms with Gasteiger partial charge in [0.1, 0.15) is 6.61 Å². The molecule has 2 rings (SSSR count). The number of ether oxygens (including phenoxy) is 1. The molecule has 0 saturated heterocycles. The Morgan fingerprint density at radius 2 is 1.57 bits per heavy atom. The maximum absolute atomic E-state index is 12.5. The number of ketones is 1. The second-order valence-electron chi connectivity index (χ2n) is 5.23. The molecule has 4 heteroatoms. The van der Waals surface area contributed by atoms with Crippen LogP contribution in [0.2, 0.25) is 0 Å². The van der Waals surface area contributed by atoms with Crippen LogP contribution in [0.25, 0.3) is 0 Å². The fourth-order valence-corrected chi connectivity index (χ4v) is 2.35.